The van der Waals surface area contributed by atoms with Gasteiger partial charge in [0.2, 0.25) is 4.91 Å². The lowest BCUT2D eigenvalue weighted by Crippen LogP contribution is -2.73. The molecule has 0 saturated carbocycles. The van der Waals surface area contributed by atoms with Gasteiger partial charge in [-0.3, -0.25) is 0 Å². The van der Waals surface area contributed by atoms with Gasteiger partial charge in [-0.25, -0.2) is 4.79 Å². The van der Waals surface area contributed by atoms with E-state index in [1.165, 1.54) is 6.92 Å². The van der Waals surface area contributed by atoms with Gasteiger partial charge in [-0.2, -0.15) is 0 Å². The second kappa shape index (κ2) is 5.44. The molecule has 5 bridgehead atoms. The van der Waals surface area contributed by atoms with Crippen LogP contribution in [-0.4, -0.2) is 50.1 Å². The van der Waals surface area contributed by atoms with Crippen LogP contribution < -0.4 is 5.11 Å². The summed E-state index contributed by atoms with van der Waals surface area (Å²) in [5.41, 5.74) is -0.838. The largest absolute Gasteiger partial charge is 0.872 e. The Hall–Kier alpha value is -0.743. The van der Waals surface area contributed by atoms with Crippen molar-refractivity contribution in [2.45, 2.75) is 88.4 Å². The predicted octanol–water partition coefficient (Wildman–Crippen LogP) is 1.57. The summed E-state index contributed by atoms with van der Waals surface area (Å²) in [4.78, 5) is 12.4. The highest BCUT2D eigenvalue weighted by Crippen LogP contribution is 2.60. The van der Waals surface area contributed by atoms with Crippen LogP contribution >= 0.6 is 0 Å². The quantitative estimate of drug-likeness (QED) is 0.194. The molecule has 4 aliphatic rings. The number of carbonyl (C=O) groups is 1. The Morgan fingerprint density at radius 3 is 2.15 bits per heavy atom. The summed E-state index contributed by atoms with van der Waals surface area (Å²) < 4.78 is 38.8. The molecule has 0 N–H and O–H groups in total. The molecule has 6 atom stereocenters. The summed E-state index contributed by atoms with van der Waals surface area (Å²) in [6.07, 6.45) is -2.37. The molecular weight excluding hydrogens is 388 g/mol. The van der Waals surface area contributed by atoms with Crippen LogP contribution in [0.15, 0.2) is 10.7 Å². The van der Waals surface area contributed by atoms with E-state index in [-0.39, 0.29) is 20.7 Å². The molecule has 4 rings (SSSR count). The number of hydrogen-bond donors (Lipinski definition) is 0. The maximum Gasteiger partial charge on any atom is 0.386 e. The average Bonchev–Trinajstić information content (AvgIpc) is 2.75. The van der Waals surface area contributed by atoms with Crippen LogP contribution in [0, 0.1) is 0 Å². The van der Waals surface area contributed by atoms with Gasteiger partial charge in [0, 0.05) is 10.1 Å². The topological polar surface area (TPSA) is 94.1 Å². The molecule has 4 aliphatic heterocycles. The number of esters is 1. The lowest BCUT2D eigenvalue weighted by Gasteiger charge is -2.57. The van der Waals surface area contributed by atoms with Crippen molar-refractivity contribution >= 4 is 24.5 Å². The molecule has 4 heterocycles. The number of ether oxygens (including phenoxy) is 2. The first-order valence-electron chi connectivity index (χ1n) is 9.34. The summed E-state index contributed by atoms with van der Waals surface area (Å²) >= 11 is 0. The van der Waals surface area contributed by atoms with Crippen molar-refractivity contribution in [2.24, 2.45) is 0 Å². The third-order valence-electron chi connectivity index (χ3n) is 6.05. The standard InChI is InChI=1S/C18H28O7SSi/c1-9(19)14-15(20)23-12-11-10-8-26(14,21)16(22-10)13(12)25-27(24-11,17(2,3)4)18(5,6)7/h10-13,16H,8H2,1-7H3/t10-,11-,12+,13-,16+,26?/m1/s1. The number of allylic oxidation sites excluding steroid dienone is 1. The second-order valence-corrected chi connectivity index (χ2v) is 17.3. The highest BCUT2D eigenvalue weighted by molar-refractivity contribution is 8.08. The van der Waals surface area contributed by atoms with E-state index >= 15 is 0 Å². The summed E-state index contributed by atoms with van der Waals surface area (Å²) in [5, 5.41) is 11.6. The van der Waals surface area contributed by atoms with Crippen molar-refractivity contribution < 1.29 is 32.4 Å². The molecule has 0 aromatic carbocycles. The van der Waals surface area contributed by atoms with Gasteiger partial charge in [0.15, 0.2) is 22.1 Å². The molecule has 0 aromatic rings. The maximum absolute atomic E-state index is 13.9. The lowest BCUT2D eigenvalue weighted by molar-refractivity contribution is -0.302. The first-order valence-corrected chi connectivity index (χ1v) is 12.9. The second-order valence-electron chi connectivity index (χ2n) is 9.97. The Bertz CT molecular complexity index is 760. The van der Waals surface area contributed by atoms with Crippen molar-refractivity contribution in [3.05, 3.63) is 10.7 Å². The minimum Gasteiger partial charge on any atom is -0.872 e. The van der Waals surface area contributed by atoms with Crippen molar-refractivity contribution in [1.82, 2.24) is 0 Å². The Labute approximate surface area is 162 Å². The zero-order valence-electron chi connectivity index (χ0n) is 16.9. The zero-order chi connectivity index (χ0) is 20.2. The molecule has 0 aliphatic carbocycles. The van der Waals surface area contributed by atoms with Gasteiger partial charge in [0.1, 0.15) is 18.0 Å². The molecule has 9 heteroatoms. The molecule has 1 unspecified atom stereocenters. The van der Waals surface area contributed by atoms with Crippen LogP contribution in [0.1, 0.15) is 48.5 Å². The molecule has 27 heavy (non-hydrogen) atoms. The number of rotatable bonds is 0. The fraction of sp³-hybridized carbons (Fsp3) is 0.833. The van der Waals surface area contributed by atoms with Gasteiger partial charge in [-0.05, 0) is 6.92 Å². The molecule has 4 saturated heterocycles. The van der Waals surface area contributed by atoms with E-state index < -0.39 is 60.1 Å². The van der Waals surface area contributed by atoms with Crippen molar-refractivity contribution in [1.29, 1.82) is 0 Å². The van der Waals surface area contributed by atoms with Gasteiger partial charge in [0.05, 0.1) is 0 Å². The Balaban J connectivity index is 1.89. The summed E-state index contributed by atoms with van der Waals surface area (Å²) in [5.74, 6) is -1.22. The molecule has 152 valence electrons. The number of carbonyl (C=O) groups excluding carboxylic acids is 1. The van der Waals surface area contributed by atoms with Crippen LogP contribution in [0.25, 0.3) is 0 Å². The van der Waals surface area contributed by atoms with Crippen molar-refractivity contribution in [3.8, 4) is 0 Å². The predicted molar refractivity (Wildman–Crippen MR) is 99.1 cm³/mol. The molecule has 0 amide bonds. The van der Waals surface area contributed by atoms with Crippen LogP contribution in [0.4, 0.5) is 0 Å². The van der Waals surface area contributed by atoms with Crippen LogP contribution in [-0.2, 0) is 37.3 Å². The fourth-order valence-electron chi connectivity index (χ4n) is 5.21. The molecule has 0 aromatic heterocycles. The summed E-state index contributed by atoms with van der Waals surface area (Å²) in [6, 6.07) is 0. The van der Waals surface area contributed by atoms with E-state index in [2.05, 4.69) is 41.5 Å². The third-order valence-corrected chi connectivity index (χ3v) is 14.3. The minimum atomic E-state index is -3.04. The van der Waals surface area contributed by atoms with E-state index in [1.807, 2.05) is 0 Å². The Morgan fingerprint density at radius 2 is 1.63 bits per heavy atom. The molecular formula is C18H28O7SSi. The Morgan fingerprint density at radius 1 is 1.07 bits per heavy atom. The number of hydrogen-bond acceptors (Lipinski definition) is 7. The lowest BCUT2D eigenvalue weighted by atomic mass is 10.0. The SMILES string of the molecule is C/C([O-])=C1/C(=O)O[C@@H]2[C@H]3O[Si](C(C)(C)C)(C(C)(C)C)O[C@@H]2[C@H]2C[S+]1(=O)[C@@H]3O2. The zero-order valence-corrected chi connectivity index (χ0v) is 18.7. The van der Waals surface area contributed by atoms with Gasteiger partial charge < -0.3 is 23.4 Å². The summed E-state index contributed by atoms with van der Waals surface area (Å²) in [7, 11) is -5.92. The molecule has 7 nitrogen and oxygen atoms in total. The third kappa shape index (κ3) is 2.35. The van der Waals surface area contributed by atoms with Crippen molar-refractivity contribution in [3.63, 3.8) is 0 Å². The average molecular weight is 417 g/mol. The monoisotopic (exact) mass is 416 g/mol. The smallest absolute Gasteiger partial charge is 0.386 e. The van der Waals surface area contributed by atoms with E-state index in [0.717, 1.165) is 0 Å². The van der Waals surface area contributed by atoms with E-state index in [9.17, 15) is 14.1 Å². The molecule has 0 spiro atoms. The highest BCUT2D eigenvalue weighted by atomic mass is 32.2. The van der Waals surface area contributed by atoms with E-state index in [0.29, 0.717) is 0 Å². The number of fused-ring (bicyclic) bond motifs is 2. The normalized spacial score (nSPS) is 44.7. The van der Waals surface area contributed by atoms with Gasteiger partial charge in [0.25, 0.3) is 5.44 Å². The highest BCUT2D eigenvalue weighted by Gasteiger charge is 2.77. The Kier molecular flexibility index (Phi) is 3.94. The van der Waals surface area contributed by atoms with Crippen LogP contribution in [0.2, 0.25) is 10.1 Å². The minimum absolute atomic E-state index is 0.113. The molecule has 0 radical (unpaired) electrons. The molecule has 4 fully saturated rings. The van der Waals surface area contributed by atoms with Gasteiger partial charge in [-0.15, -0.1) is 0 Å². The van der Waals surface area contributed by atoms with E-state index in [4.69, 9.17) is 18.3 Å². The first-order chi connectivity index (χ1) is 12.2. The van der Waals surface area contributed by atoms with Crippen molar-refractivity contribution in [2.75, 3.05) is 5.75 Å². The van der Waals surface area contributed by atoms with E-state index in [1.54, 1.807) is 0 Å². The first kappa shape index (κ1) is 19.6. The van der Waals surface area contributed by atoms with Gasteiger partial charge >= 0.3 is 14.5 Å². The summed E-state index contributed by atoms with van der Waals surface area (Å²) in [6.45, 7) is 13.8. The maximum atomic E-state index is 13.9. The van der Waals surface area contributed by atoms with Crippen LogP contribution in [0.3, 0.4) is 0 Å². The van der Waals surface area contributed by atoms with Crippen LogP contribution in [0.5, 0.6) is 0 Å². The fourth-order valence-corrected chi connectivity index (χ4v) is 13.5. The van der Waals surface area contributed by atoms with Gasteiger partial charge in [-0.1, -0.05) is 51.5 Å².